The Morgan fingerprint density at radius 3 is 2.19 bits per heavy atom. The number of halogens is 1. The number of benzene rings is 7. The zero-order chi connectivity index (χ0) is 45.1. The van der Waals surface area contributed by atoms with Gasteiger partial charge in [-0.1, -0.05) is 111 Å². The molecule has 0 fully saturated rings. The summed E-state index contributed by atoms with van der Waals surface area (Å²) < 4.78 is 49.4. The smallest absolute Gasteiger partial charge is 0.192 e. The summed E-state index contributed by atoms with van der Waals surface area (Å²) in [6.07, 6.45) is 1.31. The van der Waals surface area contributed by atoms with Crippen LogP contribution in [0.2, 0.25) is 0 Å². The normalized spacial score (nSPS) is 12.5. The Morgan fingerprint density at radius 1 is 0.714 bits per heavy atom. The van der Waals surface area contributed by atoms with Gasteiger partial charge in [0.15, 0.2) is 22.6 Å². The quantitative estimate of drug-likeness (QED) is 0.155. The van der Waals surface area contributed by atoms with Crippen LogP contribution in [0, 0.1) is 31.7 Å². The molecule has 0 saturated carbocycles. The van der Waals surface area contributed by atoms with Gasteiger partial charge in [0.2, 0.25) is 0 Å². The number of oxazole rings is 1. The van der Waals surface area contributed by atoms with Gasteiger partial charge in [0.1, 0.15) is 0 Å². The zero-order valence-electron chi connectivity index (χ0n) is 38.3. The van der Waals surface area contributed by atoms with Gasteiger partial charge in [0, 0.05) is 59.6 Å². The van der Waals surface area contributed by atoms with Crippen molar-refractivity contribution in [3.05, 3.63) is 180 Å². The van der Waals surface area contributed by atoms with Crippen LogP contribution < -0.4 is 0 Å². The number of nitrogens with zero attached hydrogens (tertiary/aromatic N) is 4. The molecule has 0 aliphatic heterocycles. The fourth-order valence-corrected chi connectivity index (χ4v) is 8.43. The fraction of sp³-hybridized carbons (Fsp3) is 0.145. The second-order valence-electron chi connectivity index (χ2n) is 16.2. The molecular formula is C55H43FIrN4O2-2. The van der Waals surface area contributed by atoms with Gasteiger partial charge in [0.25, 0.3) is 0 Å². The summed E-state index contributed by atoms with van der Waals surface area (Å²) in [6, 6.07) is 49.9. The molecule has 6 nitrogen and oxygen atoms in total. The summed E-state index contributed by atoms with van der Waals surface area (Å²) in [4.78, 5) is 14.1. The molecule has 0 bridgehead atoms. The number of hydrogen-bond acceptors (Lipinski definition) is 5. The molecular weight excluding hydrogens is 960 g/mol. The van der Waals surface area contributed by atoms with E-state index in [4.69, 9.17) is 17.9 Å². The molecule has 8 heteroatoms. The maximum atomic E-state index is 12.7. The maximum absolute atomic E-state index is 12.7. The molecule has 4 heterocycles. The van der Waals surface area contributed by atoms with E-state index in [2.05, 4.69) is 145 Å². The average Bonchev–Trinajstić information content (AvgIpc) is 4.02. The molecule has 0 unspecified atom stereocenters. The molecule has 0 spiro atoms. The van der Waals surface area contributed by atoms with Gasteiger partial charge < -0.3 is 18.4 Å². The van der Waals surface area contributed by atoms with Crippen LogP contribution in [-0.4, -0.2) is 19.5 Å². The van der Waals surface area contributed by atoms with E-state index in [9.17, 15) is 4.39 Å². The molecule has 11 aromatic rings. The first kappa shape index (κ1) is 38.0. The van der Waals surface area contributed by atoms with Crippen LogP contribution in [0.5, 0.6) is 0 Å². The topological polar surface area (TPSA) is 69.9 Å². The van der Waals surface area contributed by atoms with Crippen molar-refractivity contribution in [3.8, 4) is 39.5 Å². The van der Waals surface area contributed by atoms with E-state index in [1.165, 1.54) is 57.7 Å². The van der Waals surface area contributed by atoms with Gasteiger partial charge in [-0.25, -0.2) is 4.98 Å². The Hall–Kier alpha value is -6.73. The summed E-state index contributed by atoms with van der Waals surface area (Å²) in [5.41, 5.74) is 13.2. The van der Waals surface area contributed by atoms with Crippen LogP contribution in [0.1, 0.15) is 66.2 Å². The Labute approximate surface area is 383 Å². The van der Waals surface area contributed by atoms with E-state index in [1.54, 1.807) is 12.1 Å². The minimum Gasteiger partial charge on any atom is -0.498 e. The van der Waals surface area contributed by atoms with E-state index in [0.29, 0.717) is 28.3 Å². The molecule has 63 heavy (non-hydrogen) atoms. The third-order valence-electron chi connectivity index (χ3n) is 11.4. The Balaban J connectivity index is 0.000000257. The van der Waals surface area contributed by atoms with Crippen LogP contribution >= 0.6 is 0 Å². The van der Waals surface area contributed by atoms with E-state index >= 15 is 0 Å². The van der Waals surface area contributed by atoms with Crippen molar-refractivity contribution in [2.45, 2.75) is 53.3 Å². The number of furan rings is 1. The average molecular weight is 1010 g/mol. The summed E-state index contributed by atoms with van der Waals surface area (Å²) in [7, 11) is 0. The van der Waals surface area contributed by atoms with Crippen molar-refractivity contribution >= 4 is 54.8 Å². The number of imidazole rings is 1. The Kier molecular flexibility index (Phi) is 10.2. The summed E-state index contributed by atoms with van der Waals surface area (Å²) >= 11 is 0. The monoisotopic (exact) mass is 1010 g/mol. The summed E-state index contributed by atoms with van der Waals surface area (Å²) in [6.45, 7) is 8.84. The largest absolute Gasteiger partial charge is 0.498 e. The molecule has 313 valence electrons. The molecule has 0 atom stereocenters. The number of pyridine rings is 1. The molecule has 0 aliphatic rings. The zero-order valence-corrected chi connectivity index (χ0v) is 37.6. The second kappa shape index (κ2) is 16.9. The minimum absolute atomic E-state index is 0. The van der Waals surface area contributed by atoms with Gasteiger partial charge >= 0.3 is 0 Å². The molecule has 1 radical (unpaired) electrons. The minimum atomic E-state index is -2.15. The predicted molar refractivity (Wildman–Crippen MR) is 249 cm³/mol. The fourth-order valence-electron chi connectivity index (χ4n) is 8.43. The Bertz CT molecular complexity index is 3530. The first-order valence-corrected chi connectivity index (χ1v) is 20.8. The molecule has 0 aliphatic carbocycles. The molecule has 11 rings (SSSR count). The van der Waals surface area contributed by atoms with Crippen molar-refractivity contribution in [2.24, 2.45) is 0 Å². The molecule has 0 saturated heterocycles. The first-order chi connectivity index (χ1) is 31.3. The van der Waals surface area contributed by atoms with Crippen LogP contribution in [-0.2, 0) is 20.1 Å². The van der Waals surface area contributed by atoms with Crippen molar-refractivity contribution < 1.29 is 37.4 Å². The van der Waals surface area contributed by atoms with Gasteiger partial charge in [-0.05, 0) is 87.9 Å². The van der Waals surface area contributed by atoms with Gasteiger partial charge in [0.05, 0.1) is 22.4 Å². The number of fused-ring (bicyclic) bond motifs is 8. The molecule has 0 amide bonds. The summed E-state index contributed by atoms with van der Waals surface area (Å²) in [5, 5.41) is 4.32. The number of aromatic nitrogens is 4. The molecule has 7 aromatic carbocycles. The van der Waals surface area contributed by atoms with Crippen molar-refractivity contribution in [1.29, 1.82) is 0 Å². The van der Waals surface area contributed by atoms with Crippen molar-refractivity contribution in [2.75, 3.05) is 0 Å². The second-order valence-corrected chi connectivity index (χ2v) is 16.2. The molecule has 0 N–H and O–H groups in total. The van der Waals surface area contributed by atoms with E-state index < -0.39 is 6.85 Å². The molecule has 4 aromatic heterocycles. The van der Waals surface area contributed by atoms with Gasteiger partial charge in [-0.15, -0.1) is 48.0 Å². The number of rotatable bonds is 6. The van der Waals surface area contributed by atoms with E-state index in [0.717, 1.165) is 49.7 Å². The predicted octanol–water partition coefficient (Wildman–Crippen LogP) is 14.9. The van der Waals surface area contributed by atoms with Crippen LogP contribution in [0.25, 0.3) is 94.3 Å². The van der Waals surface area contributed by atoms with Crippen molar-refractivity contribution in [1.82, 2.24) is 19.5 Å². The van der Waals surface area contributed by atoms with Crippen LogP contribution in [0.3, 0.4) is 0 Å². The Morgan fingerprint density at radius 2 is 1.48 bits per heavy atom. The van der Waals surface area contributed by atoms with E-state index in [-0.39, 0.29) is 43.3 Å². The van der Waals surface area contributed by atoms with E-state index in [1.807, 2.05) is 19.1 Å². The third kappa shape index (κ3) is 7.54. The van der Waals surface area contributed by atoms with Crippen LogP contribution in [0.15, 0.2) is 148 Å². The van der Waals surface area contributed by atoms with Crippen LogP contribution in [0.4, 0.5) is 4.39 Å². The van der Waals surface area contributed by atoms with Crippen molar-refractivity contribution in [3.63, 3.8) is 0 Å². The maximum Gasteiger partial charge on any atom is 0.192 e. The standard InChI is InChI=1S/C43H34N3O2.C12H9FN.Ir/c1-24(2)34-22-29(27-12-7-6-8-13-27)23-35(25(3)4)39(34)46-40-30-15-10-9-14-28(30)18-20-36(40)45-43(46)33-17-11-16-31-32-19-21-37-38(44-26(5)47-37)42(32)48-41(31)33;1-9-2-7-12(14-8-9)10-3-5-11(13)6-4-10;/h6-16,18-25H,1-5H3;2-3,5-8H,1H3;/q2*-1;/i;1D3;. The SMILES string of the molecule is Cc1nc2c(ccc3c4cc[c-]c(-c5nc6ccc7ccccc7c6n5-c5c(C(C)C)cc(-c6ccccc6)cc5C(C)C)c4oc32)o1.[2H]C([2H])([2H])c1ccc(-c2[c-]cc(F)cc2)nc1.[Ir]. The van der Waals surface area contributed by atoms with Gasteiger partial charge in [-0.3, -0.25) is 9.37 Å². The van der Waals surface area contributed by atoms with Gasteiger partial charge in [-0.2, -0.15) is 0 Å². The number of aryl methyl sites for hydroxylation is 2. The summed E-state index contributed by atoms with van der Waals surface area (Å²) in [5.74, 6) is 1.54. The first-order valence-electron chi connectivity index (χ1n) is 22.3. The number of hydrogen-bond donors (Lipinski definition) is 0. The third-order valence-corrected chi connectivity index (χ3v) is 11.4.